The summed E-state index contributed by atoms with van der Waals surface area (Å²) in [6.07, 6.45) is 3.67. The van der Waals surface area contributed by atoms with Gasteiger partial charge in [0.1, 0.15) is 5.75 Å². The first-order chi connectivity index (χ1) is 9.28. The van der Waals surface area contributed by atoms with Gasteiger partial charge in [-0.25, -0.2) is 0 Å². The Morgan fingerprint density at radius 1 is 1.37 bits per heavy atom. The second-order valence-electron chi connectivity index (χ2n) is 4.01. The molecule has 19 heavy (non-hydrogen) atoms. The fraction of sp³-hybridized carbons (Fsp3) is 0.286. The molecule has 0 saturated heterocycles. The van der Waals surface area contributed by atoms with Crippen LogP contribution in [0.25, 0.3) is 11.1 Å². The highest BCUT2D eigenvalue weighted by molar-refractivity contribution is 5.71. The van der Waals surface area contributed by atoms with Crippen molar-refractivity contribution in [3.8, 4) is 22.9 Å². The zero-order chi connectivity index (χ0) is 13.7. The normalized spacial score (nSPS) is 10.2. The minimum Gasteiger partial charge on any atom is -0.496 e. The molecule has 0 aliphatic carbocycles. The summed E-state index contributed by atoms with van der Waals surface area (Å²) in [5.74, 6) is 0.727. The van der Waals surface area contributed by atoms with Crippen LogP contribution in [-0.2, 0) is 11.3 Å². The van der Waals surface area contributed by atoms with Gasteiger partial charge in [-0.1, -0.05) is 0 Å². The van der Waals surface area contributed by atoms with Crippen molar-refractivity contribution in [2.45, 2.75) is 6.54 Å². The van der Waals surface area contributed by atoms with Gasteiger partial charge in [0.25, 0.3) is 0 Å². The largest absolute Gasteiger partial charge is 0.496 e. The Kier molecular flexibility index (Phi) is 4.16. The number of aromatic nitrogens is 2. The summed E-state index contributed by atoms with van der Waals surface area (Å²) in [7, 11) is 3.27. The molecule has 0 atom stereocenters. The van der Waals surface area contributed by atoms with E-state index in [4.69, 9.17) is 14.7 Å². The molecule has 5 heteroatoms. The van der Waals surface area contributed by atoms with E-state index in [1.165, 1.54) is 0 Å². The highest BCUT2D eigenvalue weighted by Crippen LogP contribution is 2.30. The van der Waals surface area contributed by atoms with Crippen molar-refractivity contribution in [1.82, 2.24) is 9.78 Å². The Balaban J connectivity index is 2.34. The average molecular weight is 257 g/mol. The lowest BCUT2D eigenvalue weighted by molar-refractivity contribution is 0.183. The van der Waals surface area contributed by atoms with Crippen LogP contribution in [0.5, 0.6) is 5.75 Å². The third-order valence-electron chi connectivity index (χ3n) is 2.80. The molecule has 5 nitrogen and oxygen atoms in total. The molecule has 0 saturated carbocycles. The fourth-order valence-electron chi connectivity index (χ4n) is 1.81. The van der Waals surface area contributed by atoms with Crippen molar-refractivity contribution in [1.29, 1.82) is 5.26 Å². The number of benzene rings is 1. The van der Waals surface area contributed by atoms with Gasteiger partial charge >= 0.3 is 0 Å². The van der Waals surface area contributed by atoms with Gasteiger partial charge in [0.15, 0.2) is 0 Å². The molecule has 2 aromatic rings. The second-order valence-corrected chi connectivity index (χ2v) is 4.01. The van der Waals surface area contributed by atoms with Crippen LogP contribution in [0.1, 0.15) is 5.56 Å². The molecule has 0 bridgehead atoms. The second kappa shape index (κ2) is 6.03. The summed E-state index contributed by atoms with van der Waals surface area (Å²) in [6.45, 7) is 1.30. The molecule has 0 aliphatic rings. The summed E-state index contributed by atoms with van der Waals surface area (Å²) in [5, 5.41) is 13.2. The van der Waals surface area contributed by atoms with Gasteiger partial charge in [-0.2, -0.15) is 10.4 Å². The van der Waals surface area contributed by atoms with E-state index in [1.54, 1.807) is 43.3 Å². The molecule has 0 N–H and O–H groups in total. The Morgan fingerprint density at radius 3 is 2.89 bits per heavy atom. The predicted molar refractivity (Wildman–Crippen MR) is 70.8 cm³/mol. The maximum atomic E-state index is 8.97. The molecular formula is C14H15N3O2. The number of hydrogen-bond acceptors (Lipinski definition) is 4. The van der Waals surface area contributed by atoms with Crippen molar-refractivity contribution in [2.75, 3.05) is 20.8 Å². The average Bonchev–Trinajstić information content (AvgIpc) is 2.93. The molecule has 1 aromatic heterocycles. The number of nitrogens with zero attached hydrogens (tertiary/aromatic N) is 3. The predicted octanol–water partition coefficient (Wildman–Crippen LogP) is 2.08. The number of hydrogen-bond donors (Lipinski definition) is 0. The first-order valence-electron chi connectivity index (χ1n) is 5.88. The van der Waals surface area contributed by atoms with E-state index in [1.807, 2.05) is 6.20 Å². The molecule has 0 spiro atoms. The first-order valence-corrected chi connectivity index (χ1v) is 5.88. The molecule has 2 rings (SSSR count). The molecule has 0 radical (unpaired) electrons. The summed E-state index contributed by atoms with van der Waals surface area (Å²) < 4.78 is 12.1. The standard InChI is InChI=1S/C14H15N3O2/c1-18-6-5-17-10-12(9-16-17)13-7-11(8-15)3-4-14(13)19-2/h3-4,7,9-10H,5-6H2,1-2H3. The third kappa shape index (κ3) is 2.92. The Labute approximate surface area is 112 Å². The first kappa shape index (κ1) is 13.1. The van der Waals surface area contributed by atoms with Crippen molar-refractivity contribution < 1.29 is 9.47 Å². The summed E-state index contributed by atoms with van der Waals surface area (Å²) in [6, 6.07) is 7.45. The van der Waals surface area contributed by atoms with E-state index in [0.717, 1.165) is 16.9 Å². The van der Waals surface area contributed by atoms with Gasteiger partial charge in [0.05, 0.1) is 38.1 Å². The minimum absolute atomic E-state index is 0.598. The quantitative estimate of drug-likeness (QED) is 0.822. The van der Waals surface area contributed by atoms with Gasteiger partial charge < -0.3 is 9.47 Å². The Morgan fingerprint density at radius 2 is 2.21 bits per heavy atom. The SMILES string of the molecule is COCCn1cc(-c2cc(C#N)ccc2OC)cn1. The Hall–Kier alpha value is -2.32. The maximum Gasteiger partial charge on any atom is 0.126 e. The van der Waals surface area contributed by atoms with Crippen LogP contribution >= 0.6 is 0 Å². The highest BCUT2D eigenvalue weighted by atomic mass is 16.5. The topological polar surface area (TPSA) is 60.1 Å². The zero-order valence-corrected chi connectivity index (χ0v) is 11.0. The molecule has 1 aromatic carbocycles. The van der Waals surface area contributed by atoms with Crippen LogP contribution in [-0.4, -0.2) is 30.6 Å². The molecule has 0 unspecified atom stereocenters. The summed E-state index contributed by atoms with van der Waals surface area (Å²) in [4.78, 5) is 0. The van der Waals surface area contributed by atoms with Crippen LogP contribution in [0.2, 0.25) is 0 Å². The van der Waals surface area contributed by atoms with Crippen LogP contribution < -0.4 is 4.74 Å². The van der Waals surface area contributed by atoms with Crippen molar-refractivity contribution in [3.63, 3.8) is 0 Å². The van der Waals surface area contributed by atoms with E-state index in [0.29, 0.717) is 18.7 Å². The van der Waals surface area contributed by atoms with Crippen molar-refractivity contribution in [3.05, 3.63) is 36.2 Å². The lowest BCUT2D eigenvalue weighted by Gasteiger charge is -2.06. The molecule has 98 valence electrons. The smallest absolute Gasteiger partial charge is 0.126 e. The van der Waals surface area contributed by atoms with E-state index in [-0.39, 0.29) is 0 Å². The van der Waals surface area contributed by atoms with Crippen LogP contribution in [0, 0.1) is 11.3 Å². The van der Waals surface area contributed by atoms with E-state index in [2.05, 4.69) is 11.2 Å². The molecule has 0 amide bonds. The summed E-state index contributed by atoms with van der Waals surface area (Å²) in [5.41, 5.74) is 2.38. The number of ether oxygens (including phenoxy) is 2. The van der Waals surface area contributed by atoms with E-state index >= 15 is 0 Å². The van der Waals surface area contributed by atoms with Gasteiger partial charge in [-0.05, 0) is 18.2 Å². The zero-order valence-electron chi connectivity index (χ0n) is 11.0. The van der Waals surface area contributed by atoms with Gasteiger partial charge in [0.2, 0.25) is 0 Å². The number of nitriles is 1. The van der Waals surface area contributed by atoms with Gasteiger partial charge in [-0.3, -0.25) is 4.68 Å². The summed E-state index contributed by atoms with van der Waals surface area (Å²) >= 11 is 0. The number of rotatable bonds is 5. The molecular weight excluding hydrogens is 242 g/mol. The molecule has 0 fully saturated rings. The van der Waals surface area contributed by atoms with Crippen LogP contribution in [0.4, 0.5) is 0 Å². The van der Waals surface area contributed by atoms with Crippen molar-refractivity contribution >= 4 is 0 Å². The van der Waals surface area contributed by atoms with Gasteiger partial charge in [-0.15, -0.1) is 0 Å². The van der Waals surface area contributed by atoms with E-state index in [9.17, 15) is 0 Å². The highest BCUT2D eigenvalue weighted by Gasteiger charge is 2.09. The molecule has 0 aliphatic heterocycles. The lowest BCUT2D eigenvalue weighted by Crippen LogP contribution is -2.03. The maximum absolute atomic E-state index is 8.97. The third-order valence-corrected chi connectivity index (χ3v) is 2.80. The van der Waals surface area contributed by atoms with Crippen LogP contribution in [0.3, 0.4) is 0 Å². The fourth-order valence-corrected chi connectivity index (χ4v) is 1.81. The lowest BCUT2D eigenvalue weighted by atomic mass is 10.1. The Bertz CT molecular complexity index is 599. The number of methoxy groups -OCH3 is 2. The minimum atomic E-state index is 0.598. The van der Waals surface area contributed by atoms with Gasteiger partial charge in [0, 0.05) is 24.4 Å². The van der Waals surface area contributed by atoms with Crippen LogP contribution in [0.15, 0.2) is 30.6 Å². The molecule has 1 heterocycles. The van der Waals surface area contributed by atoms with Crippen molar-refractivity contribution in [2.24, 2.45) is 0 Å². The van der Waals surface area contributed by atoms with E-state index < -0.39 is 0 Å². The monoisotopic (exact) mass is 257 g/mol.